The van der Waals surface area contributed by atoms with Crippen molar-refractivity contribution in [1.82, 2.24) is 4.90 Å². The molecule has 8 heteroatoms. The van der Waals surface area contributed by atoms with E-state index in [1.165, 1.54) is 6.07 Å². The maximum Gasteiger partial charge on any atom is 0.250 e. The second-order valence-corrected chi connectivity index (χ2v) is 9.81. The van der Waals surface area contributed by atoms with Gasteiger partial charge in [-0.15, -0.1) is 0 Å². The average molecular weight is 470 g/mol. The van der Waals surface area contributed by atoms with Crippen LogP contribution in [-0.4, -0.2) is 35.2 Å². The summed E-state index contributed by atoms with van der Waals surface area (Å²) >= 11 is 12.5. The number of rotatable bonds is 2. The fraction of sp³-hybridized carbons (Fsp3) is 0.375. The molecule has 4 aliphatic heterocycles. The number of nitrogens with one attached hydrogen (secondary N) is 1. The van der Waals surface area contributed by atoms with Crippen LogP contribution in [0.1, 0.15) is 30.9 Å². The van der Waals surface area contributed by atoms with Gasteiger partial charge in [0, 0.05) is 22.3 Å². The van der Waals surface area contributed by atoms with Gasteiger partial charge in [0.1, 0.15) is 5.54 Å². The monoisotopic (exact) mass is 469 g/mol. The molecule has 4 aliphatic rings. The van der Waals surface area contributed by atoms with Crippen molar-refractivity contribution in [2.75, 3.05) is 16.8 Å². The number of nitrogens with zero attached hydrogens (tertiary/aromatic N) is 2. The van der Waals surface area contributed by atoms with Gasteiger partial charge >= 0.3 is 0 Å². The number of carbonyl (C=O) groups is 3. The number of benzene rings is 2. The van der Waals surface area contributed by atoms with E-state index in [1.807, 2.05) is 18.2 Å². The first-order valence-electron chi connectivity index (χ1n) is 10.9. The number of aryl methyl sites for hydroxylation is 1. The topological polar surface area (TPSA) is 69.7 Å². The SMILES string of the molecule is CCc1ccc2c(c1)C1(C(=O)N2)C2C(=O)N(c3cc(Cl)ccc3Cl)C(=O)C2C2CCCN21. The van der Waals surface area contributed by atoms with Crippen molar-refractivity contribution in [3.05, 3.63) is 57.6 Å². The van der Waals surface area contributed by atoms with Gasteiger partial charge in [0.2, 0.25) is 17.7 Å². The zero-order valence-corrected chi connectivity index (χ0v) is 18.9. The first kappa shape index (κ1) is 20.2. The lowest BCUT2D eigenvalue weighted by Gasteiger charge is -2.36. The van der Waals surface area contributed by atoms with Crippen molar-refractivity contribution in [1.29, 1.82) is 0 Å². The molecule has 6 nitrogen and oxygen atoms in total. The van der Waals surface area contributed by atoms with E-state index in [1.54, 1.807) is 12.1 Å². The maximum absolute atomic E-state index is 14.0. The molecule has 4 unspecified atom stereocenters. The Morgan fingerprint density at radius 2 is 1.91 bits per heavy atom. The third-order valence-electron chi connectivity index (χ3n) is 7.61. The second-order valence-electron chi connectivity index (χ2n) is 8.97. The predicted octanol–water partition coefficient (Wildman–Crippen LogP) is 3.99. The van der Waals surface area contributed by atoms with E-state index in [9.17, 15) is 14.4 Å². The fourth-order valence-corrected chi connectivity index (χ4v) is 6.73. The quantitative estimate of drug-likeness (QED) is 0.675. The third-order valence-corrected chi connectivity index (χ3v) is 8.17. The molecule has 2 aromatic carbocycles. The van der Waals surface area contributed by atoms with Crippen molar-refractivity contribution in [2.24, 2.45) is 11.8 Å². The summed E-state index contributed by atoms with van der Waals surface area (Å²) in [5.41, 5.74) is 1.72. The molecule has 3 saturated heterocycles. The van der Waals surface area contributed by atoms with Crippen molar-refractivity contribution in [3.8, 4) is 0 Å². The van der Waals surface area contributed by atoms with Gasteiger partial charge in [0.25, 0.3) is 0 Å². The Morgan fingerprint density at radius 1 is 1.09 bits per heavy atom. The van der Waals surface area contributed by atoms with Gasteiger partial charge in [-0.3, -0.25) is 19.3 Å². The van der Waals surface area contributed by atoms with Gasteiger partial charge in [-0.1, -0.05) is 42.3 Å². The maximum atomic E-state index is 14.0. The van der Waals surface area contributed by atoms with E-state index >= 15 is 0 Å². The Hall–Kier alpha value is -2.41. The summed E-state index contributed by atoms with van der Waals surface area (Å²) in [6.07, 6.45) is 2.46. The third kappa shape index (κ3) is 2.33. The van der Waals surface area contributed by atoms with Gasteiger partial charge < -0.3 is 5.32 Å². The Kier molecular flexibility index (Phi) is 4.29. The number of hydrogen-bond acceptors (Lipinski definition) is 4. The lowest BCUT2D eigenvalue weighted by atomic mass is 9.75. The van der Waals surface area contributed by atoms with Crippen molar-refractivity contribution < 1.29 is 14.4 Å². The van der Waals surface area contributed by atoms with Crippen LogP contribution in [0.4, 0.5) is 11.4 Å². The molecule has 1 N–H and O–H groups in total. The first-order valence-corrected chi connectivity index (χ1v) is 11.7. The van der Waals surface area contributed by atoms with Gasteiger partial charge in [-0.05, 0) is 55.6 Å². The molecule has 0 saturated carbocycles. The predicted molar refractivity (Wildman–Crippen MR) is 122 cm³/mol. The summed E-state index contributed by atoms with van der Waals surface area (Å²) in [5.74, 6) is -2.31. The van der Waals surface area contributed by atoms with Crippen LogP contribution in [0, 0.1) is 11.8 Å². The molecule has 3 fully saturated rings. The van der Waals surface area contributed by atoms with Crippen LogP contribution in [0.2, 0.25) is 10.0 Å². The lowest BCUT2D eigenvalue weighted by Crippen LogP contribution is -2.54. The van der Waals surface area contributed by atoms with E-state index in [0.29, 0.717) is 11.6 Å². The van der Waals surface area contributed by atoms with Gasteiger partial charge in [-0.25, -0.2) is 4.90 Å². The molecule has 0 bridgehead atoms. The Labute approximate surface area is 195 Å². The Balaban J connectivity index is 1.57. The molecular weight excluding hydrogens is 449 g/mol. The highest BCUT2D eigenvalue weighted by Gasteiger charge is 2.74. The number of amides is 3. The molecule has 32 heavy (non-hydrogen) atoms. The number of carbonyl (C=O) groups excluding carboxylic acids is 3. The van der Waals surface area contributed by atoms with E-state index in [2.05, 4.69) is 17.1 Å². The highest BCUT2D eigenvalue weighted by molar-refractivity contribution is 6.38. The summed E-state index contributed by atoms with van der Waals surface area (Å²) in [7, 11) is 0. The molecule has 2 aromatic rings. The van der Waals surface area contributed by atoms with Crippen LogP contribution in [0.5, 0.6) is 0 Å². The number of fused-ring (bicyclic) bond motifs is 7. The summed E-state index contributed by atoms with van der Waals surface area (Å²) in [6.45, 7) is 2.74. The van der Waals surface area contributed by atoms with Crippen LogP contribution in [0.15, 0.2) is 36.4 Å². The number of halogens is 2. The highest BCUT2D eigenvalue weighted by Crippen LogP contribution is 2.61. The van der Waals surface area contributed by atoms with Crippen molar-refractivity contribution in [3.63, 3.8) is 0 Å². The molecule has 0 aromatic heterocycles. The molecular formula is C24H21Cl2N3O3. The van der Waals surface area contributed by atoms with Crippen molar-refractivity contribution >= 4 is 52.3 Å². The van der Waals surface area contributed by atoms with E-state index < -0.39 is 17.4 Å². The summed E-state index contributed by atoms with van der Waals surface area (Å²) in [4.78, 5) is 44.6. The normalized spacial score (nSPS) is 30.8. The molecule has 4 atom stereocenters. The molecule has 164 valence electrons. The number of hydrogen-bond donors (Lipinski definition) is 1. The first-order chi connectivity index (χ1) is 15.4. The Morgan fingerprint density at radius 3 is 2.69 bits per heavy atom. The lowest BCUT2D eigenvalue weighted by molar-refractivity contribution is -0.135. The van der Waals surface area contributed by atoms with Crippen LogP contribution in [0.3, 0.4) is 0 Å². The summed E-state index contributed by atoms with van der Waals surface area (Å²) in [5, 5.41) is 3.67. The molecule has 4 heterocycles. The zero-order chi connectivity index (χ0) is 22.4. The fourth-order valence-electron chi connectivity index (χ4n) is 6.36. The minimum atomic E-state index is -1.18. The van der Waals surface area contributed by atoms with Crippen LogP contribution in [-0.2, 0) is 26.3 Å². The minimum absolute atomic E-state index is 0.165. The van der Waals surface area contributed by atoms with Crippen LogP contribution >= 0.6 is 23.2 Å². The summed E-state index contributed by atoms with van der Waals surface area (Å²) < 4.78 is 0. The Bertz CT molecular complexity index is 1210. The van der Waals surface area contributed by atoms with Crippen LogP contribution < -0.4 is 10.2 Å². The van der Waals surface area contributed by atoms with E-state index in [-0.39, 0.29) is 34.5 Å². The van der Waals surface area contributed by atoms with Gasteiger partial charge in [-0.2, -0.15) is 0 Å². The standard InChI is InChI=1S/C24H21Cl2N3O3/c1-2-12-5-8-16-14(10-12)24(23(32)27-16)20-19(17-4-3-9-28(17)24)21(30)29(22(20)31)18-11-13(25)6-7-15(18)26/h5-8,10-11,17,19-20H,2-4,9H2,1H3,(H,27,32). The molecule has 3 amide bonds. The van der Waals surface area contributed by atoms with E-state index in [4.69, 9.17) is 23.2 Å². The zero-order valence-electron chi connectivity index (χ0n) is 17.4. The van der Waals surface area contributed by atoms with Gasteiger partial charge in [0.05, 0.1) is 22.5 Å². The average Bonchev–Trinajstić information content (AvgIpc) is 3.48. The molecule has 6 rings (SSSR count). The number of anilines is 2. The van der Waals surface area contributed by atoms with Gasteiger partial charge in [0.15, 0.2) is 0 Å². The second kappa shape index (κ2) is 6.80. The van der Waals surface area contributed by atoms with Crippen molar-refractivity contribution in [2.45, 2.75) is 37.8 Å². The largest absolute Gasteiger partial charge is 0.324 e. The van der Waals surface area contributed by atoms with Crippen LogP contribution in [0.25, 0.3) is 0 Å². The highest BCUT2D eigenvalue weighted by atomic mass is 35.5. The molecule has 0 aliphatic carbocycles. The summed E-state index contributed by atoms with van der Waals surface area (Å²) in [6, 6.07) is 10.5. The molecule has 1 spiro atoms. The minimum Gasteiger partial charge on any atom is -0.324 e. The molecule has 0 radical (unpaired) electrons. The smallest absolute Gasteiger partial charge is 0.250 e. The number of imide groups is 1. The van der Waals surface area contributed by atoms with E-state index in [0.717, 1.165) is 41.0 Å².